The zero-order valence-electron chi connectivity index (χ0n) is 16.0. The van der Waals surface area contributed by atoms with Crippen molar-refractivity contribution in [3.05, 3.63) is 52.3 Å². The first kappa shape index (κ1) is 19.9. The summed E-state index contributed by atoms with van der Waals surface area (Å²) in [5.41, 5.74) is 7.35. The molecule has 1 aliphatic rings. The minimum absolute atomic E-state index is 0. The van der Waals surface area contributed by atoms with E-state index in [1.165, 1.54) is 6.07 Å². The van der Waals surface area contributed by atoms with Crippen LogP contribution in [0.4, 0.5) is 17.3 Å². The van der Waals surface area contributed by atoms with Crippen LogP contribution < -0.4 is 26.7 Å². The van der Waals surface area contributed by atoms with Crippen molar-refractivity contribution in [1.82, 2.24) is 9.97 Å². The van der Waals surface area contributed by atoms with E-state index in [1.54, 1.807) is 30.3 Å². The van der Waals surface area contributed by atoms with Crippen LogP contribution in [0, 0.1) is 0 Å². The summed E-state index contributed by atoms with van der Waals surface area (Å²) in [7, 11) is 0. The van der Waals surface area contributed by atoms with Gasteiger partial charge in [-0.3, -0.25) is 24.7 Å². The Bertz CT molecular complexity index is 1150. The third-order valence-corrected chi connectivity index (χ3v) is 4.03. The highest BCUT2D eigenvalue weighted by Crippen LogP contribution is 2.28. The lowest BCUT2D eigenvalue weighted by atomic mass is 10.1. The lowest BCUT2D eigenvalue weighted by Gasteiger charge is -2.18. The molecule has 1 aliphatic heterocycles. The van der Waals surface area contributed by atoms with Crippen molar-refractivity contribution in [2.75, 3.05) is 23.0 Å². The lowest BCUT2D eigenvalue weighted by molar-refractivity contribution is -0.118. The number of rotatable bonds is 3. The fourth-order valence-corrected chi connectivity index (χ4v) is 2.82. The van der Waals surface area contributed by atoms with E-state index < -0.39 is 5.56 Å². The molecule has 156 valence electrons. The van der Waals surface area contributed by atoms with Crippen LogP contribution in [0.5, 0.6) is 5.75 Å². The maximum atomic E-state index is 12.3. The second-order valence-electron chi connectivity index (χ2n) is 6.08. The van der Waals surface area contributed by atoms with Gasteiger partial charge in [0.05, 0.1) is 23.0 Å². The van der Waals surface area contributed by atoms with Gasteiger partial charge < -0.3 is 15.8 Å². The molecule has 1 aromatic heterocycles. The second-order valence-corrected chi connectivity index (χ2v) is 6.08. The largest absolute Gasteiger partial charge is 0.482 e. The van der Waals surface area contributed by atoms with Crippen LogP contribution in [-0.2, 0) is 16.0 Å². The van der Waals surface area contributed by atoms with Gasteiger partial charge in [0, 0.05) is 9.97 Å². The number of nitrogens with two attached hydrogens (primary N) is 1. The number of carbonyl (C=O) groups is 2. The molecule has 5 N–H and O–H groups in total. The van der Waals surface area contributed by atoms with Crippen LogP contribution in [0.3, 0.4) is 0 Å². The van der Waals surface area contributed by atoms with Crippen LogP contribution in [0.2, 0.25) is 0 Å². The maximum absolute atomic E-state index is 12.3. The van der Waals surface area contributed by atoms with Gasteiger partial charge in [-0.1, -0.05) is 19.9 Å². The number of H-pyrrole nitrogens is 1. The van der Waals surface area contributed by atoms with E-state index in [2.05, 4.69) is 20.6 Å². The molecule has 2 amide bonds. The average Bonchev–Trinajstić information content (AvgIpc) is 2.70. The average molecular weight is 401 g/mol. The number of nitrogens with zero attached hydrogens (tertiary/aromatic N) is 1. The minimum atomic E-state index is -0.392. The number of amides is 2. The smallest absolute Gasteiger partial charge is 0.262 e. The van der Waals surface area contributed by atoms with Gasteiger partial charge in [-0.25, -0.2) is 4.98 Å². The van der Waals surface area contributed by atoms with Crippen molar-refractivity contribution >= 4 is 40.0 Å². The zero-order chi connectivity index (χ0) is 21.0. The molecule has 0 bridgehead atoms. The number of aromatic nitrogens is 2. The van der Waals surface area contributed by atoms with Gasteiger partial charge in [0.2, 0.25) is 11.9 Å². The third kappa shape index (κ3) is 4.52. The fourth-order valence-electron chi connectivity index (χ4n) is 2.82. The SMILES string of the molecule is CC.Nc1ccc2nc(NC(=O)Cc3ccc4c(c3)NC(=O)CO4)[nH]c(=O)c2c1.[HH].[HH].[HH]. The Hall–Kier alpha value is -3.88. The van der Waals surface area contributed by atoms with Crippen LogP contribution in [0.25, 0.3) is 10.9 Å². The Morgan fingerprint density at radius 1 is 1.24 bits per heavy atom. The molecule has 0 spiro atoms. The molecule has 0 saturated heterocycles. The number of benzene rings is 2. The Balaban J connectivity index is 0.00000187. The highest BCUT2D eigenvalue weighted by Gasteiger charge is 2.17. The summed E-state index contributed by atoms with van der Waals surface area (Å²) >= 11 is 0. The normalized spacial score (nSPS) is 12.1. The van der Waals surface area contributed by atoms with E-state index >= 15 is 0 Å². The molecular weight excluding hydrogens is 374 g/mol. The number of aromatic amines is 1. The van der Waals surface area contributed by atoms with Gasteiger partial charge in [-0.2, -0.15) is 0 Å². The summed E-state index contributed by atoms with van der Waals surface area (Å²) in [6.45, 7) is 3.97. The Labute approximate surface area is 170 Å². The van der Waals surface area contributed by atoms with Gasteiger partial charge in [-0.15, -0.1) is 0 Å². The molecule has 0 fully saturated rings. The zero-order valence-corrected chi connectivity index (χ0v) is 16.0. The number of anilines is 3. The molecule has 0 aliphatic carbocycles. The highest BCUT2D eigenvalue weighted by atomic mass is 16.5. The summed E-state index contributed by atoms with van der Waals surface area (Å²) < 4.78 is 5.28. The molecule has 2 heterocycles. The predicted octanol–water partition coefficient (Wildman–Crippen LogP) is 2.78. The molecule has 29 heavy (non-hydrogen) atoms. The molecule has 3 aromatic rings. The summed E-state index contributed by atoms with van der Waals surface area (Å²) in [6, 6.07) is 9.86. The molecule has 0 radical (unpaired) electrons. The molecule has 4 rings (SSSR count). The Morgan fingerprint density at radius 3 is 2.83 bits per heavy atom. The van der Waals surface area contributed by atoms with E-state index in [4.69, 9.17) is 10.5 Å². The first-order valence-electron chi connectivity index (χ1n) is 9.13. The van der Waals surface area contributed by atoms with Crippen LogP contribution >= 0.6 is 0 Å². The first-order chi connectivity index (χ1) is 14.0. The summed E-state index contributed by atoms with van der Waals surface area (Å²) in [4.78, 5) is 42.6. The van der Waals surface area contributed by atoms with Crippen molar-refractivity contribution < 1.29 is 18.6 Å². The summed E-state index contributed by atoms with van der Waals surface area (Å²) in [5, 5.41) is 5.61. The summed E-state index contributed by atoms with van der Waals surface area (Å²) in [5.74, 6) is -0.00551. The van der Waals surface area contributed by atoms with Crippen molar-refractivity contribution in [2.24, 2.45) is 0 Å². The van der Waals surface area contributed by atoms with E-state index in [9.17, 15) is 14.4 Å². The number of nitrogen functional groups attached to an aromatic ring is 1. The van der Waals surface area contributed by atoms with Crippen LogP contribution in [-0.4, -0.2) is 28.4 Å². The van der Waals surface area contributed by atoms with Gasteiger partial charge >= 0.3 is 0 Å². The fraction of sp³-hybridized carbons (Fsp3) is 0.200. The van der Waals surface area contributed by atoms with E-state index in [0.29, 0.717) is 33.6 Å². The van der Waals surface area contributed by atoms with Crippen molar-refractivity contribution in [3.8, 4) is 5.75 Å². The molecular formula is C20H27N5O4. The van der Waals surface area contributed by atoms with Gasteiger partial charge in [0.25, 0.3) is 11.5 Å². The number of ether oxygens (including phenoxy) is 1. The lowest BCUT2D eigenvalue weighted by Crippen LogP contribution is -2.25. The van der Waals surface area contributed by atoms with Gasteiger partial charge in [0.15, 0.2) is 6.61 Å². The summed E-state index contributed by atoms with van der Waals surface area (Å²) in [6.07, 6.45) is 0.0344. The topological polar surface area (TPSA) is 139 Å². The van der Waals surface area contributed by atoms with Crippen molar-refractivity contribution in [1.29, 1.82) is 0 Å². The molecule has 0 atom stereocenters. The molecule has 0 saturated carbocycles. The molecule has 9 nitrogen and oxygen atoms in total. The quantitative estimate of drug-likeness (QED) is 0.498. The van der Waals surface area contributed by atoms with Gasteiger partial charge in [-0.05, 0) is 35.9 Å². The number of hydrogen-bond acceptors (Lipinski definition) is 6. The molecule has 0 unspecified atom stereocenters. The highest BCUT2D eigenvalue weighted by molar-refractivity contribution is 5.96. The van der Waals surface area contributed by atoms with E-state index in [1.807, 2.05) is 13.8 Å². The minimum Gasteiger partial charge on any atom is -0.482 e. The number of fused-ring (bicyclic) bond motifs is 2. The number of carbonyl (C=O) groups excluding carboxylic acids is 2. The Kier molecular flexibility index (Phi) is 5.77. The van der Waals surface area contributed by atoms with Crippen LogP contribution in [0.1, 0.15) is 23.7 Å². The second kappa shape index (κ2) is 8.42. The molecule has 2 aromatic carbocycles. The number of nitrogens with one attached hydrogen (secondary N) is 3. The molecule has 9 heteroatoms. The monoisotopic (exact) mass is 401 g/mol. The van der Waals surface area contributed by atoms with E-state index in [0.717, 1.165) is 0 Å². The van der Waals surface area contributed by atoms with E-state index in [-0.39, 0.29) is 35.1 Å². The first-order valence-corrected chi connectivity index (χ1v) is 9.13. The Morgan fingerprint density at radius 2 is 2.03 bits per heavy atom. The maximum Gasteiger partial charge on any atom is 0.262 e. The predicted molar refractivity (Wildman–Crippen MR) is 117 cm³/mol. The standard InChI is InChI=1S/C18H15N5O4.C2H6.3H2/c19-10-2-3-12-11(7-10)17(26)23-18(21-12)22-15(24)6-9-1-4-14-13(5-9)20-16(25)8-27-14;1-2;;;/h1-5,7H,6,8,19H2,(H,20,25)(H2,21,22,23,24,26);1-2H3;3*1H. The van der Waals surface area contributed by atoms with Crippen LogP contribution in [0.15, 0.2) is 41.2 Å². The number of hydrogen-bond donors (Lipinski definition) is 4. The van der Waals surface area contributed by atoms with Gasteiger partial charge in [0.1, 0.15) is 5.75 Å². The van der Waals surface area contributed by atoms with Crippen molar-refractivity contribution in [2.45, 2.75) is 20.3 Å². The third-order valence-electron chi connectivity index (χ3n) is 4.03. The van der Waals surface area contributed by atoms with Crippen molar-refractivity contribution in [3.63, 3.8) is 0 Å².